The monoisotopic (exact) mass is 538 g/mol. The highest BCUT2D eigenvalue weighted by molar-refractivity contribution is 5.87. The Morgan fingerprint density at radius 1 is 0.538 bits per heavy atom. The van der Waals surface area contributed by atoms with Crippen LogP contribution in [0.5, 0.6) is 0 Å². The number of aliphatic carboxylic acids is 2. The molecule has 212 valence electrons. The van der Waals surface area contributed by atoms with Crippen LogP contribution >= 0.6 is 0 Å². The summed E-state index contributed by atoms with van der Waals surface area (Å²) in [5.41, 5.74) is 0. The molecule has 6 rings (SSSR count). The Balaban J connectivity index is 0.912. The van der Waals surface area contributed by atoms with Crippen molar-refractivity contribution in [2.24, 2.45) is 59.2 Å². The molecule has 0 aromatic carbocycles. The number of hydrogen-bond donors (Lipinski definition) is 4. The fourth-order valence-electron chi connectivity index (χ4n) is 9.18. The first-order valence-electron chi connectivity index (χ1n) is 15.2. The number of nitrogens with one attached hydrogen (secondary N) is 2. The zero-order chi connectivity index (χ0) is 27.3. The Kier molecular flexibility index (Phi) is 7.32. The van der Waals surface area contributed by atoms with Gasteiger partial charge in [0, 0.05) is 12.1 Å². The summed E-state index contributed by atoms with van der Waals surface area (Å²) in [6.07, 6.45) is 19.0. The first kappa shape index (κ1) is 26.6. The highest BCUT2D eigenvalue weighted by atomic mass is 16.4. The van der Waals surface area contributed by atoms with Crippen molar-refractivity contribution < 1.29 is 29.4 Å². The van der Waals surface area contributed by atoms with Crippen molar-refractivity contribution in [2.45, 2.75) is 82.7 Å². The Morgan fingerprint density at radius 3 is 1.21 bits per heavy atom. The zero-order valence-corrected chi connectivity index (χ0v) is 22.5. The minimum Gasteiger partial charge on any atom is -0.481 e. The molecular weight excluding hydrogens is 496 g/mol. The smallest absolute Gasteiger partial charge is 0.307 e. The summed E-state index contributed by atoms with van der Waals surface area (Å²) in [6, 6.07) is 0.292. The van der Waals surface area contributed by atoms with Gasteiger partial charge in [-0.05, 0) is 106 Å². The third kappa shape index (κ3) is 5.16. The van der Waals surface area contributed by atoms with Gasteiger partial charge in [-0.15, -0.1) is 0 Å². The van der Waals surface area contributed by atoms with Crippen LogP contribution in [0.4, 0.5) is 0 Å². The van der Waals surface area contributed by atoms with Gasteiger partial charge in [-0.25, -0.2) is 0 Å². The average Bonchev–Trinajstić information content (AvgIpc) is 3.71. The predicted molar refractivity (Wildman–Crippen MR) is 143 cm³/mol. The molecule has 0 aliphatic heterocycles. The topological polar surface area (TPSA) is 133 Å². The fourth-order valence-corrected chi connectivity index (χ4v) is 9.18. The molecule has 39 heavy (non-hydrogen) atoms. The van der Waals surface area contributed by atoms with Crippen LogP contribution in [0.3, 0.4) is 0 Å². The van der Waals surface area contributed by atoms with Gasteiger partial charge in [0.15, 0.2) is 0 Å². The van der Waals surface area contributed by atoms with Gasteiger partial charge in [0.2, 0.25) is 11.8 Å². The summed E-state index contributed by atoms with van der Waals surface area (Å²) in [7, 11) is 0. The lowest BCUT2D eigenvalue weighted by Gasteiger charge is -2.35. The minimum atomic E-state index is -0.850. The number of hydrogen-bond acceptors (Lipinski definition) is 4. The third-order valence-corrected chi connectivity index (χ3v) is 11.1. The normalized spacial score (nSPS) is 43.9. The molecule has 0 radical (unpaired) electrons. The maximum atomic E-state index is 13.0. The Labute approximate surface area is 230 Å². The molecule has 8 nitrogen and oxygen atoms in total. The summed E-state index contributed by atoms with van der Waals surface area (Å²) in [5.74, 6) is -2.42. The zero-order valence-electron chi connectivity index (χ0n) is 22.5. The van der Waals surface area contributed by atoms with Gasteiger partial charge >= 0.3 is 11.9 Å². The van der Waals surface area contributed by atoms with Crippen molar-refractivity contribution in [2.75, 3.05) is 0 Å². The van der Waals surface area contributed by atoms with Crippen molar-refractivity contribution in [1.82, 2.24) is 10.6 Å². The van der Waals surface area contributed by atoms with E-state index in [1.165, 1.54) is 6.42 Å². The van der Waals surface area contributed by atoms with Crippen LogP contribution in [0.15, 0.2) is 24.3 Å². The number of fused-ring (bicyclic) bond motifs is 4. The van der Waals surface area contributed by atoms with Gasteiger partial charge in [-0.3, -0.25) is 19.2 Å². The molecule has 8 heteroatoms. The van der Waals surface area contributed by atoms with E-state index in [1.54, 1.807) is 0 Å². The van der Waals surface area contributed by atoms with E-state index in [2.05, 4.69) is 10.6 Å². The van der Waals surface area contributed by atoms with E-state index in [0.29, 0.717) is 11.8 Å². The number of carboxylic acids is 2. The second-order valence-electron chi connectivity index (χ2n) is 13.4. The number of carboxylic acid groups (broad SMARTS) is 2. The Hall–Kier alpha value is -2.64. The van der Waals surface area contributed by atoms with Crippen molar-refractivity contribution in [3.63, 3.8) is 0 Å². The first-order chi connectivity index (χ1) is 18.8. The van der Waals surface area contributed by atoms with Crippen molar-refractivity contribution in [3.05, 3.63) is 24.3 Å². The van der Waals surface area contributed by atoms with E-state index >= 15 is 0 Å². The van der Waals surface area contributed by atoms with Gasteiger partial charge in [0.25, 0.3) is 0 Å². The van der Waals surface area contributed by atoms with E-state index in [9.17, 15) is 29.4 Å². The maximum absolute atomic E-state index is 13.0. The van der Waals surface area contributed by atoms with E-state index < -0.39 is 35.6 Å². The van der Waals surface area contributed by atoms with Gasteiger partial charge in [-0.1, -0.05) is 24.3 Å². The lowest BCUT2D eigenvalue weighted by molar-refractivity contribution is -0.148. The number of carbonyl (C=O) groups excluding carboxylic acids is 2. The molecule has 0 heterocycles. The second kappa shape index (κ2) is 10.7. The number of allylic oxidation sites excluding steroid dienone is 4. The summed E-state index contributed by atoms with van der Waals surface area (Å²) in [5, 5.41) is 25.7. The molecule has 8 atom stereocenters. The van der Waals surface area contributed by atoms with Crippen LogP contribution in [-0.4, -0.2) is 46.0 Å². The first-order valence-corrected chi connectivity index (χ1v) is 15.2. The summed E-state index contributed by atoms with van der Waals surface area (Å²) >= 11 is 0. The van der Waals surface area contributed by atoms with Crippen molar-refractivity contribution in [3.8, 4) is 0 Å². The van der Waals surface area contributed by atoms with Gasteiger partial charge in [-0.2, -0.15) is 0 Å². The molecule has 0 spiro atoms. The molecule has 6 aliphatic carbocycles. The molecule has 0 aromatic heterocycles. The largest absolute Gasteiger partial charge is 0.481 e. The van der Waals surface area contributed by atoms with Crippen LogP contribution in [-0.2, 0) is 19.2 Å². The van der Waals surface area contributed by atoms with E-state index in [4.69, 9.17) is 0 Å². The molecule has 4 saturated carbocycles. The molecule has 4 fully saturated rings. The van der Waals surface area contributed by atoms with Crippen molar-refractivity contribution in [1.29, 1.82) is 0 Å². The van der Waals surface area contributed by atoms with Crippen LogP contribution in [0.25, 0.3) is 0 Å². The second-order valence-corrected chi connectivity index (χ2v) is 13.4. The predicted octanol–water partition coefficient (Wildman–Crippen LogP) is 3.77. The summed E-state index contributed by atoms with van der Waals surface area (Å²) in [6.45, 7) is 0. The molecule has 0 aromatic rings. The van der Waals surface area contributed by atoms with Crippen LogP contribution in [0.1, 0.15) is 70.6 Å². The quantitative estimate of drug-likeness (QED) is 0.348. The molecule has 4 N–H and O–H groups in total. The van der Waals surface area contributed by atoms with Crippen LogP contribution in [0, 0.1) is 59.2 Å². The lowest BCUT2D eigenvalue weighted by atomic mass is 9.75. The Morgan fingerprint density at radius 2 is 0.872 bits per heavy atom. The van der Waals surface area contributed by atoms with E-state index in [1.807, 2.05) is 24.3 Å². The molecule has 0 unspecified atom stereocenters. The molecular formula is C31H42N2O6. The Bertz CT molecular complexity index is 971. The maximum Gasteiger partial charge on any atom is 0.307 e. The number of carbonyl (C=O) groups is 4. The van der Waals surface area contributed by atoms with Crippen molar-refractivity contribution >= 4 is 23.8 Å². The van der Waals surface area contributed by atoms with E-state index in [-0.39, 0.29) is 47.6 Å². The molecule has 6 aliphatic rings. The molecule has 4 bridgehead atoms. The average molecular weight is 539 g/mol. The van der Waals surface area contributed by atoms with Gasteiger partial charge in [0.05, 0.1) is 23.7 Å². The molecule has 2 amide bonds. The lowest BCUT2D eigenvalue weighted by Crippen LogP contribution is -2.46. The summed E-state index contributed by atoms with van der Waals surface area (Å²) < 4.78 is 0. The van der Waals surface area contributed by atoms with Crippen LogP contribution < -0.4 is 10.6 Å². The van der Waals surface area contributed by atoms with Gasteiger partial charge in [0.1, 0.15) is 0 Å². The fraction of sp³-hybridized carbons (Fsp3) is 0.742. The number of amides is 2. The van der Waals surface area contributed by atoms with E-state index in [0.717, 1.165) is 64.2 Å². The third-order valence-electron chi connectivity index (χ3n) is 11.1. The standard InChI is InChI=1S/C31H42N2O6/c34-28(24-18-5-7-20(14-18)26(24)30(36)37)32-22-9-1-16(2-10-22)13-17-3-11-23(12-4-17)33-29(35)25-19-6-8-21(15-19)27(25)31(38)39/h5-8,16-27H,1-4,9-15H2,(H,32,34)(H,33,35)(H,36,37)(H,38,39)/t16?,17?,18-,19-,20-,21-,22?,23?,24-,25+,26+,27-/m0/s1. The highest BCUT2D eigenvalue weighted by Crippen LogP contribution is 2.49. The van der Waals surface area contributed by atoms with Crippen LogP contribution in [0.2, 0.25) is 0 Å². The highest BCUT2D eigenvalue weighted by Gasteiger charge is 2.53. The van der Waals surface area contributed by atoms with Gasteiger partial charge < -0.3 is 20.8 Å². The molecule has 0 saturated heterocycles. The SMILES string of the molecule is O=C(O)[C@@H]1[C@H](C(=O)NC2CCC(CC3CCC(NC(=O)[C@@H]4[C@H](C(=O)O)[C@H]5C=C[C@H]4C5)CC3)CC2)[C@H]2C=C[C@H]1C2. The summed E-state index contributed by atoms with van der Waals surface area (Å²) in [4.78, 5) is 49.6. The number of rotatable bonds is 8. The minimum absolute atomic E-state index is 0.000903.